The van der Waals surface area contributed by atoms with Gasteiger partial charge in [0, 0.05) is 11.6 Å². The third kappa shape index (κ3) is 1.05. The van der Waals surface area contributed by atoms with Crippen LogP contribution in [0.15, 0.2) is 30.2 Å². The monoisotopic (exact) mass is 151 g/mol. The van der Waals surface area contributed by atoms with Gasteiger partial charge in [-0.15, -0.1) is 0 Å². The van der Waals surface area contributed by atoms with Gasteiger partial charge in [0.1, 0.15) is 0 Å². The summed E-state index contributed by atoms with van der Waals surface area (Å²) in [5.41, 5.74) is 2.89. The van der Waals surface area contributed by atoms with Crippen molar-refractivity contribution in [2.75, 3.05) is 0 Å². The zero-order chi connectivity index (χ0) is 7.68. The molecule has 0 radical (unpaired) electrons. The van der Waals surface area contributed by atoms with Crippen LogP contribution >= 0.6 is 0 Å². The van der Waals surface area contributed by atoms with Gasteiger partial charge in [0.15, 0.2) is 5.75 Å². The van der Waals surface area contributed by atoms with Gasteiger partial charge >= 0.3 is 0 Å². The molecule has 0 amide bonds. The maximum absolute atomic E-state index is 12.5. The van der Waals surface area contributed by atoms with E-state index in [0.717, 1.165) is 5.56 Å². The predicted octanol–water partition coefficient (Wildman–Crippen LogP) is 1.85. The van der Waals surface area contributed by atoms with Crippen LogP contribution in [-0.4, -0.2) is 0 Å². The number of para-hydroxylation sites is 1. The Balaban J connectivity index is 2.51. The van der Waals surface area contributed by atoms with Crippen LogP contribution in [0.25, 0.3) is 6.08 Å². The molecule has 11 heavy (non-hydrogen) atoms. The highest BCUT2D eigenvalue weighted by Gasteiger charge is 2.08. The van der Waals surface area contributed by atoms with E-state index < -0.39 is 5.95 Å². The van der Waals surface area contributed by atoms with Crippen molar-refractivity contribution >= 4 is 6.08 Å². The van der Waals surface area contributed by atoms with Crippen molar-refractivity contribution in [3.63, 3.8) is 0 Å². The Labute approximate surface area is 63.2 Å². The molecule has 0 saturated heterocycles. The molecule has 1 aliphatic rings. The maximum Gasteiger partial charge on any atom is 0.220 e. The minimum atomic E-state index is -0.469. The first kappa shape index (κ1) is 6.22. The van der Waals surface area contributed by atoms with E-state index in [1.165, 1.54) is 6.08 Å². The van der Waals surface area contributed by atoms with Crippen molar-refractivity contribution in [3.8, 4) is 5.75 Å². The summed E-state index contributed by atoms with van der Waals surface area (Å²) in [6.07, 6.45) is 1.39. The second kappa shape index (κ2) is 2.27. The van der Waals surface area contributed by atoms with Crippen LogP contribution in [0.4, 0.5) is 4.39 Å². The molecule has 0 fully saturated rings. The molecule has 3 heteroatoms. The van der Waals surface area contributed by atoms with Crippen molar-refractivity contribution in [1.29, 1.82) is 0 Å². The average molecular weight is 151 g/mol. The molecule has 1 heterocycles. The van der Waals surface area contributed by atoms with E-state index in [4.69, 9.17) is 4.84 Å². The largest absolute Gasteiger partial charge is 0.379 e. The second-order valence-electron chi connectivity index (χ2n) is 2.23. The molecule has 1 aromatic carbocycles. The lowest BCUT2D eigenvalue weighted by atomic mass is 10.2. The highest BCUT2D eigenvalue weighted by molar-refractivity contribution is 5.59. The van der Waals surface area contributed by atoms with Gasteiger partial charge < -0.3 is 4.84 Å². The van der Waals surface area contributed by atoms with E-state index >= 15 is 0 Å². The molecule has 0 aliphatic carbocycles. The number of nitrogens with one attached hydrogen (secondary N) is 1. The first-order chi connectivity index (χ1) is 5.36. The summed E-state index contributed by atoms with van der Waals surface area (Å²) < 4.78 is 12.5. The molecule has 0 atom stereocenters. The average Bonchev–Trinajstić information content (AvgIpc) is 2.04. The fourth-order valence-electron chi connectivity index (χ4n) is 0.962. The standard InChI is InChI=1S/C8H6FNO/c9-8-5-6-3-1-2-4-7(6)11-10-8/h1-5,10H. The van der Waals surface area contributed by atoms with Crippen molar-refractivity contribution in [2.24, 2.45) is 0 Å². The fraction of sp³-hybridized carbons (Fsp3) is 0. The zero-order valence-electron chi connectivity index (χ0n) is 5.67. The van der Waals surface area contributed by atoms with E-state index in [1.807, 2.05) is 12.1 Å². The van der Waals surface area contributed by atoms with Gasteiger partial charge in [-0.2, -0.15) is 9.87 Å². The minimum absolute atomic E-state index is 0.469. The molecular formula is C8H6FNO. The molecule has 0 bridgehead atoms. The van der Waals surface area contributed by atoms with Gasteiger partial charge in [-0.3, -0.25) is 0 Å². The number of rotatable bonds is 0. The van der Waals surface area contributed by atoms with Gasteiger partial charge in [-0.1, -0.05) is 18.2 Å². The third-order valence-corrected chi connectivity index (χ3v) is 1.46. The number of hydrogen-bond acceptors (Lipinski definition) is 2. The Bertz CT molecular complexity index is 309. The van der Waals surface area contributed by atoms with Gasteiger partial charge in [0.25, 0.3) is 0 Å². The zero-order valence-corrected chi connectivity index (χ0v) is 5.67. The Kier molecular flexibility index (Phi) is 1.28. The Morgan fingerprint density at radius 2 is 2.09 bits per heavy atom. The molecule has 1 aromatic rings. The lowest BCUT2D eigenvalue weighted by Crippen LogP contribution is -2.18. The molecule has 2 rings (SSSR count). The van der Waals surface area contributed by atoms with Gasteiger partial charge in [-0.05, 0) is 6.07 Å². The molecule has 1 aliphatic heterocycles. The van der Waals surface area contributed by atoms with Gasteiger partial charge in [-0.25, -0.2) is 0 Å². The fourth-order valence-corrected chi connectivity index (χ4v) is 0.962. The minimum Gasteiger partial charge on any atom is -0.379 e. The molecule has 0 spiro atoms. The summed E-state index contributed by atoms with van der Waals surface area (Å²) in [4.78, 5) is 4.84. The van der Waals surface area contributed by atoms with Gasteiger partial charge in [0.2, 0.25) is 5.95 Å². The quantitative estimate of drug-likeness (QED) is 0.571. The van der Waals surface area contributed by atoms with Gasteiger partial charge in [0.05, 0.1) is 0 Å². The highest BCUT2D eigenvalue weighted by atomic mass is 19.1. The number of hydroxylamine groups is 1. The Hall–Kier alpha value is -1.51. The summed E-state index contributed by atoms with van der Waals surface area (Å²) in [7, 11) is 0. The summed E-state index contributed by atoms with van der Waals surface area (Å²) in [5, 5.41) is 0. The molecule has 0 unspecified atom stereocenters. The van der Waals surface area contributed by atoms with Crippen LogP contribution in [-0.2, 0) is 0 Å². The first-order valence-electron chi connectivity index (χ1n) is 3.25. The van der Waals surface area contributed by atoms with E-state index in [2.05, 4.69) is 5.48 Å². The lowest BCUT2D eigenvalue weighted by Gasteiger charge is -2.13. The number of hydrogen-bond donors (Lipinski definition) is 1. The van der Waals surface area contributed by atoms with Crippen LogP contribution in [0.5, 0.6) is 5.75 Å². The lowest BCUT2D eigenvalue weighted by molar-refractivity contribution is 0.194. The second-order valence-corrected chi connectivity index (χ2v) is 2.23. The van der Waals surface area contributed by atoms with Crippen LogP contribution in [0.1, 0.15) is 5.56 Å². The third-order valence-electron chi connectivity index (χ3n) is 1.46. The number of fused-ring (bicyclic) bond motifs is 1. The van der Waals surface area contributed by atoms with Crippen molar-refractivity contribution < 1.29 is 9.23 Å². The van der Waals surface area contributed by atoms with Crippen molar-refractivity contribution in [3.05, 3.63) is 35.8 Å². The van der Waals surface area contributed by atoms with E-state index in [-0.39, 0.29) is 0 Å². The maximum atomic E-state index is 12.5. The molecule has 0 aromatic heterocycles. The van der Waals surface area contributed by atoms with Crippen molar-refractivity contribution in [1.82, 2.24) is 5.48 Å². The summed E-state index contributed by atoms with van der Waals surface area (Å²) in [6, 6.07) is 7.22. The Morgan fingerprint density at radius 1 is 1.27 bits per heavy atom. The molecule has 2 nitrogen and oxygen atoms in total. The molecule has 0 saturated carbocycles. The highest BCUT2D eigenvalue weighted by Crippen LogP contribution is 2.23. The first-order valence-corrected chi connectivity index (χ1v) is 3.25. The number of benzene rings is 1. The number of halogens is 1. The Morgan fingerprint density at radius 3 is 3.00 bits per heavy atom. The molecule has 1 N–H and O–H groups in total. The topological polar surface area (TPSA) is 21.3 Å². The molecular weight excluding hydrogens is 145 g/mol. The van der Waals surface area contributed by atoms with E-state index in [1.54, 1.807) is 12.1 Å². The van der Waals surface area contributed by atoms with E-state index in [0.29, 0.717) is 5.75 Å². The van der Waals surface area contributed by atoms with Crippen LogP contribution in [0, 0.1) is 0 Å². The van der Waals surface area contributed by atoms with Crippen LogP contribution in [0.2, 0.25) is 0 Å². The smallest absolute Gasteiger partial charge is 0.220 e. The van der Waals surface area contributed by atoms with Crippen LogP contribution in [0.3, 0.4) is 0 Å². The predicted molar refractivity (Wildman–Crippen MR) is 39.3 cm³/mol. The van der Waals surface area contributed by atoms with E-state index in [9.17, 15) is 4.39 Å². The van der Waals surface area contributed by atoms with Crippen molar-refractivity contribution in [2.45, 2.75) is 0 Å². The summed E-state index contributed by atoms with van der Waals surface area (Å²) in [6.45, 7) is 0. The summed E-state index contributed by atoms with van der Waals surface area (Å²) in [5.74, 6) is 0.178. The summed E-state index contributed by atoms with van der Waals surface area (Å²) >= 11 is 0. The molecule has 56 valence electrons. The SMILES string of the molecule is FC1=Cc2ccccc2ON1. The normalized spacial score (nSPS) is 14.1. The van der Waals surface area contributed by atoms with Crippen LogP contribution < -0.4 is 10.3 Å².